The van der Waals surface area contributed by atoms with E-state index >= 15 is 0 Å². The van der Waals surface area contributed by atoms with Crippen molar-refractivity contribution < 1.29 is 0 Å². The smallest absolute Gasteiger partial charge is 0.141 e. The molecule has 0 amide bonds. The summed E-state index contributed by atoms with van der Waals surface area (Å²) in [6, 6.07) is 6.42. The third-order valence-corrected chi connectivity index (χ3v) is 3.49. The molecule has 1 atom stereocenters. The van der Waals surface area contributed by atoms with Gasteiger partial charge in [0.1, 0.15) is 11.5 Å². The Hall–Kier alpha value is -1.86. The van der Waals surface area contributed by atoms with Crippen LogP contribution < -0.4 is 5.73 Å². The Kier molecular flexibility index (Phi) is 6.04. The van der Waals surface area contributed by atoms with Gasteiger partial charge in [-0.15, -0.1) is 12.8 Å². The van der Waals surface area contributed by atoms with Crippen LogP contribution in [0.3, 0.4) is 0 Å². The van der Waals surface area contributed by atoms with Crippen LogP contribution >= 0.6 is 0 Å². The second-order valence-corrected chi connectivity index (χ2v) is 4.74. The van der Waals surface area contributed by atoms with Crippen LogP contribution in [0.15, 0.2) is 18.2 Å². The SMILES string of the molecule is C#C.CN1CCC[C@H]1CCc1cccc(C(=N)N)n1. The topological polar surface area (TPSA) is 66.0 Å². The van der Waals surface area contributed by atoms with E-state index in [2.05, 4.69) is 29.8 Å². The summed E-state index contributed by atoms with van der Waals surface area (Å²) in [5, 5.41) is 7.37. The summed E-state index contributed by atoms with van der Waals surface area (Å²) in [5.74, 6) is 0.0461. The third kappa shape index (κ3) is 4.38. The van der Waals surface area contributed by atoms with Crippen molar-refractivity contribution in [3.8, 4) is 12.8 Å². The molecule has 2 heterocycles. The highest BCUT2D eigenvalue weighted by Crippen LogP contribution is 2.19. The molecule has 0 spiro atoms. The number of aromatic nitrogens is 1. The number of aryl methyl sites for hydroxylation is 1. The van der Waals surface area contributed by atoms with Gasteiger partial charge in [0.25, 0.3) is 0 Å². The van der Waals surface area contributed by atoms with Crippen molar-refractivity contribution in [2.24, 2.45) is 5.73 Å². The van der Waals surface area contributed by atoms with E-state index in [4.69, 9.17) is 11.1 Å². The van der Waals surface area contributed by atoms with Crippen LogP contribution in [0, 0.1) is 18.3 Å². The van der Waals surface area contributed by atoms with Gasteiger partial charge in [-0.1, -0.05) is 6.07 Å². The number of rotatable bonds is 4. The van der Waals surface area contributed by atoms with E-state index in [1.807, 2.05) is 12.1 Å². The second kappa shape index (κ2) is 7.55. The van der Waals surface area contributed by atoms with Gasteiger partial charge < -0.3 is 10.6 Å². The Morgan fingerprint density at radius 3 is 2.84 bits per heavy atom. The molecule has 2 rings (SSSR count). The molecule has 0 unspecified atom stereocenters. The lowest BCUT2D eigenvalue weighted by Crippen LogP contribution is -2.25. The van der Waals surface area contributed by atoms with Crippen LogP contribution in [-0.4, -0.2) is 35.4 Å². The van der Waals surface area contributed by atoms with Gasteiger partial charge in [-0.05, 0) is 51.4 Å². The summed E-state index contributed by atoms with van der Waals surface area (Å²) in [5.41, 5.74) is 7.06. The average Bonchev–Trinajstić information content (AvgIpc) is 2.84. The molecule has 0 aliphatic carbocycles. The first kappa shape index (κ1) is 15.2. The van der Waals surface area contributed by atoms with Crippen LogP contribution in [0.4, 0.5) is 0 Å². The first-order valence-electron chi connectivity index (χ1n) is 6.50. The van der Waals surface area contributed by atoms with Gasteiger partial charge in [-0.3, -0.25) is 5.41 Å². The summed E-state index contributed by atoms with van der Waals surface area (Å²) in [4.78, 5) is 6.82. The summed E-state index contributed by atoms with van der Waals surface area (Å²) in [6.07, 6.45) is 12.7. The fourth-order valence-electron chi connectivity index (χ4n) is 2.43. The summed E-state index contributed by atoms with van der Waals surface area (Å²) < 4.78 is 0. The number of likely N-dealkylation sites (tertiary alicyclic amines) is 1. The first-order chi connectivity index (χ1) is 9.16. The van der Waals surface area contributed by atoms with E-state index in [9.17, 15) is 0 Å². The summed E-state index contributed by atoms with van der Waals surface area (Å²) in [6.45, 7) is 1.21. The van der Waals surface area contributed by atoms with Crippen molar-refractivity contribution in [2.45, 2.75) is 31.7 Å². The Balaban J connectivity index is 0.000000861. The van der Waals surface area contributed by atoms with Crippen LogP contribution in [0.5, 0.6) is 0 Å². The van der Waals surface area contributed by atoms with Gasteiger partial charge in [0.05, 0.1) is 0 Å². The van der Waals surface area contributed by atoms with Crippen molar-refractivity contribution in [1.29, 1.82) is 5.41 Å². The van der Waals surface area contributed by atoms with E-state index in [1.54, 1.807) is 6.07 Å². The molecule has 1 aromatic rings. The van der Waals surface area contributed by atoms with Gasteiger partial charge in [-0.25, -0.2) is 4.98 Å². The van der Waals surface area contributed by atoms with Gasteiger partial charge >= 0.3 is 0 Å². The fraction of sp³-hybridized carbons (Fsp3) is 0.467. The Labute approximate surface area is 115 Å². The molecule has 4 nitrogen and oxygen atoms in total. The van der Waals surface area contributed by atoms with E-state index < -0.39 is 0 Å². The van der Waals surface area contributed by atoms with Crippen molar-refractivity contribution in [3.63, 3.8) is 0 Å². The highest BCUT2D eigenvalue weighted by atomic mass is 15.1. The molecule has 0 bridgehead atoms. The molecule has 19 heavy (non-hydrogen) atoms. The lowest BCUT2D eigenvalue weighted by molar-refractivity contribution is 0.296. The number of terminal acetylenes is 1. The number of hydrogen-bond donors (Lipinski definition) is 2. The zero-order valence-electron chi connectivity index (χ0n) is 11.5. The molecule has 0 radical (unpaired) electrons. The molecule has 0 aromatic carbocycles. The molecule has 0 saturated carbocycles. The number of nitrogen functional groups attached to an aromatic ring is 1. The van der Waals surface area contributed by atoms with Crippen LogP contribution in [-0.2, 0) is 6.42 Å². The van der Waals surface area contributed by atoms with E-state index in [0.717, 1.165) is 18.5 Å². The monoisotopic (exact) mass is 258 g/mol. The minimum absolute atomic E-state index is 0.0461. The van der Waals surface area contributed by atoms with E-state index in [0.29, 0.717) is 11.7 Å². The minimum Gasteiger partial charge on any atom is -0.382 e. The fourth-order valence-corrected chi connectivity index (χ4v) is 2.43. The number of amidine groups is 1. The average molecular weight is 258 g/mol. The maximum absolute atomic E-state index is 7.37. The highest BCUT2D eigenvalue weighted by Gasteiger charge is 2.20. The zero-order chi connectivity index (χ0) is 14.3. The molecule has 3 N–H and O–H groups in total. The lowest BCUT2D eigenvalue weighted by atomic mass is 10.1. The van der Waals surface area contributed by atoms with E-state index in [1.165, 1.54) is 19.4 Å². The number of pyridine rings is 1. The van der Waals surface area contributed by atoms with Crippen molar-refractivity contribution in [1.82, 2.24) is 9.88 Å². The van der Waals surface area contributed by atoms with Crippen molar-refractivity contribution >= 4 is 5.84 Å². The van der Waals surface area contributed by atoms with Crippen molar-refractivity contribution in [2.75, 3.05) is 13.6 Å². The maximum Gasteiger partial charge on any atom is 0.141 e. The Bertz CT molecular complexity index is 439. The Morgan fingerprint density at radius 1 is 1.53 bits per heavy atom. The van der Waals surface area contributed by atoms with Crippen LogP contribution in [0.1, 0.15) is 30.7 Å². The quantitative estimate of drug-likeness (QED) is 0.490. The standard InChI is InChI=1S/C13H20N4.C2H2/c1-17-9-3-5-11(17)8-7-10-4-2-6-12(16-10)13(14)15;1-2/h2,4,6,11H,3,5,7-9H2,1H3,(H3,14,15);1-2H/t11-;/m0./s1. The van der Waals surface area contributed by atoms with Crippen LogP contribution in [0.2, 0.25) is 0 Å². The third-order valence-electron chi connectivity index (χ3n) is 3.49. The molecule has 1 aliphatic heterocycles. The van der Waals surface area contributed by atoms with Crippen molar-refractivity contribution in [3.05, 3.63) is 29.6 Å². The molecule has 102 valence electrons. The predicted molar refractivity (Wildman–Crippen MR) is 79.1 cm³/mol. The Morgan fingerprint density at radius 2 is 2.26 bits per heavy atom. The van der Waals surface area contributed by atoms with E-state index in [-0.39, 0.29) is 5.84 Å². The normalized spacial score (nSPS) is 18.6. The predicted octanol–water partition coefficient (Wildman–Crippen LogP) is 1.64. The molecular formula is C15H22N4. The van der Waals surface area contributed by atoms with Gasteiger partial charge in [0.15, 0.2) is 0 Å². The molecule has 1 saturated heterocycles. The molecule has 1 aromatic heterocycles. The minimum atomic E-state index is 0.0461. The number of nitrogens with one attached hydrogen (secondary N) is 1. The molecule has 4 heteroatoms. The zero-order valence-corrected chi connectivity index (χ0v) is 11.5. The molecule has 1 fully saturated rings. The highest BCUT2D eigenvalue weighted by molar-refractivity contribution is 5.92. The summed E-state index contributed by atoms with van der Waals surface area (Å²) >= 11 is 0. The summed E-state index contributed by atoms with van der Waals surface area (Å²) in [7, 11) is 2.19. The second-order valence-electron chi connectivity index (χ2n) is 4.74. The van der Waals surface area contributed by atoms with Gasteiger partial charge in [-0.2, -0.15) is 0 Å². The number of nitrogens with zero attached hydrogens (tertiary/aromatic N) is 2. The maximum atomic E-state index is 7.37. The van der Waals surface area contributed by atoms with Crippen LogP contribution in [0.25, 0.3) is 0 Å². The largest absolute Gasteiger partial charge is 0.382 e. The number of nitrogens with two attached hydrogens (primary N) is 1. The number of hydrogen-bond acceptors (Lipinski definition) is 3. The first-order valence-corrected chi connectivity index (χ1v) is 6.50. The molecule has 1 aliphatic rings. The van der Waals surface area contributed by atoms with Gasteiger partial charge in [0.2, 0.25) is 0 Å². The lowest BCUT2D eigenvalue weighted by Gasteiger charge is -2.18. The van der Waals surface area contributed by atoms with Gasteiger partial charge in [0, 0.05) is 11.7 Å². The molecular weight excluding hydrogens is 236 g/mol.